The minimum Gasteiger partial charge on any atom is -0.497 e. The summed E-state index contributed by atoms with van der Waals surface area (Å²) in [5.41, 5.74) is 4.49. The van der Waals surface area contributed by atoms with Crippen molar-refractivity contribution in [1.82, 2.24) is 5.32 Å². The van der Waals surface area contributed by atoms with Gasteiger partial charge in [-0.15, -0.1) is 0 Å². The molecule has 0 saturated carbocycles. The van der Waals surface area contributed by atoms with Crippen molar-refractivity contribution in [3.8, 4) is 5.75 Å². The molecule has 0 heterocycles. The number of benzene rings is 2. The van der Waals surface area contributed by atoms with Gasteiger partial charge in [-0.25, -0.2) is 0 Å². The predicted molar refractivity (Wildman–Crippen MR) is 82.6 cm³/mol. The maximum absolute atomic E-state index is 12.2. The summed E-state index contributed by atoms with van der Waals surface area (Å²) in [6.45, 7) is 0.507. The molecule has 1 aliphatic carbocycles. The third kappa shape index (κ3) is 3.07. The summed E-state index contributed by atoms with van der Waals surface area (Å²) in [6, 6.07) is 13.8. The van der Waals surface area contributed by atoms with E-state index in [2.05, 4.69) is 11.4 Å². The molecule has 0 aromatic heterocycles. The van der Waals surface area contributed by atoms with E-state index in [9.17, 15) is 4.79 Å². The summed E-state index contributed by atoms with van der Waals surface area (Å²) in [6.07, 6.45) is 3.43. The van der Waals surface area contributed by atoms with E-state index in [1.54, 1.807) is 7.11 Å². The van der Waals surface area contributed by atoms with Crippen molar-refractivity contribution < 1.29 is 9.53 Å². The quantitative estimate of drug-likeness (QED) is 0.935. The second-order valence-corrected chi connectivity index (χ2v) is 5.37. The lowest BCUT2D eigenvalue weighted by atomic mass is 10.1. The summed E-state index contributed by atoms with van der Waals surface area (Å²) >= 11 is 0. The lowest BCUT2D eigenvalue weighted by molar-refractivity contribution is 0.0951. The smallest absolute Gasteiger partial charge is 0.251 e. The Labute approximate surface area is 124 Å². The molecule has 2 aromatic rings. The number of carbonyl (C=O) groups excluding carboxylic acids is 1. The molecule has 1 N–H and O–H groups in total. The van der Waals surface area contributed by atoms with Crippen LogP contribution < -0.4 is 10.1 Å². The Morgan fingerprint density at radius 2 is 2.00 bits per heavy atom. The first-order chi connectivity index (χ1) is 10.3. The number of nitrogens with one attached hydrogen (secondary N) is 1. The third-order valence-electron chi connectivity index (χ3n) is 3.95. The van der Waals surface area contributed by atoms with E-state index in [0.29, 0.717) is 6.54 Å². The van der Waals surface area contributed by atoms with Crippen LogP contribution in [0.1, 0.15) is 33.5 Å². The average molecular weight is 281 g/mol. The molecule has 1 aliphatic rings. The van der Waals surface area contributed by atoms with Crippen molar-refractivity contribution in [3.05, 3.63) is 64.7 Å². The van der Waals surface area contributed by atoms with Gasteiger partial charge in [0.2, 0.25) is 0 Å². The number of aryl methyl sites for hydroxylation is 2. The van der Waals surface area contributed by atoms with Gasteiger partial charge < -0.3 is 10.1 Å². The highest BCUT2D eigenvalue weighted by molar-refractivity contribution is 5.94. The van der Waals surface area contributed by atoms with Crippen LogP contribution in [0.15, 0.2) is 42.5 Å². The molecule has 3 heteroatoms. The van der Waals surface area contributed by atoms with Crippen molar-refractivity contribution in [1.29, 1.82) is 0 Å². The highest BCUT2D eigenvalue weighted by Gasteiger charge is 2.13. The zero-order valence-electron chi connectivity index (χ0n) is 12.2. The van der Waals surface area contributed by atoms with Gasteiger partial charge in [0.25, 0.3) is 5.91 Å². The van der Waals surface area contributed by atoms with Gasteiger partial charge in [-0.2, -0.15) is 0 Å². The fraction of sp³-hybridized carbons (Fsp3) is 0.278. The van der Waals surface area contributed by atoms with Crippen LogP contribution in [0, 0.1) is 0 Å². The SMILES string of the molecule is COc1cccc(CNC(=O)c2ccc3c(c2)CCC3)c1. The molecule has 0 fully saturated rings. The molecule has 108 valence electrons. The van der Waals surface area contributed by atoms with Gasteiger partial charge in [0.1, 0.15) is 5.75 Å². The molecule has 0 unspecified atom stereocenters. The van der Waals surface area contributed by atoms with Crippen LogP contribution in [0.2, 0.25) is 0 Å². The van der Waals surface area contributed by atoms with E-state index in [4.69, 9.17) is 4.74 Å². The van der Waals surface area contributed by atoms with Crippen LogP contribution in [-0.4, -0.2) is 13.0 Å². The zero-order valence-corrected chi connectivity index (χ0v) is 12.2. The molecular weight excluding hydrogens is 262 g/mol. The van der Waals surface area contributed by atoms with Crippen molar-refractivity contribution in [2.45, 2.75) is 25.8 Å². The van der Waals surface area contributed by atoms with E-state index in [0.717, 1.165) is 29.7 Å². The highest BCUT2D eigenvalue weighted by Crippen LogP contribution is 2.22. The van der Waals surface area contributed by atoms with Gasteiger partial charge in [0, 0.05) is 12.1 Å². The second-order valence-electron chi connectivity index (χ2n) is 5.37. The summed E-state index contributed by atoms with van der Waals surface area (Å²) in [5, 5.41) is 2.96. The molecular formula is C18H19NO2. The number of hydrogen-bond donors (Lipinski definition) is 1. The van der Waals surface area contributed by atoms with Crippen LogP contribution in [0.5, 0.6) is 5.75 Å². The molecule has 0 spiro atoms. The number of methoxy groups -OCH3 is 1. The maximum Gasteiger partial charge on any atom is 0.251 e. The van der Waals surface area contributed by atoms with Gasteiger partial charge in [-0.1, -0.05) is 18.2 Å². The Morgan fingerprint density at radius 3 is 2.86 bits per heavy atom. The van der Waals surface area contributed by atoms with Crippen LogP contribution in [0.25, 0.3) is 0 Å². The summed E-state index contributed by atoms with van der Waals surface area (Å²) in [7, 11) is 1.64. The third-order valence-corrected chi connectivity index (χ3v) is 3.95. The number of ether oxygens (including phenoxy) is 1. The molecule has 0 atom stereocenters. The van der Waals surface area contributed by atoms with E-state index in [1.165, 1.54) is 17.5 Å². The minimum atomic E-state index is -0.0208. The number of rotatable bonds is 4. The maximum atomic E-state index is 12.2. The van der Waals surface area contributed by atoms with Crippen LogP contribution in [0.3, 0.4) is 0 Å². The van der Waals surface area contributed by atoms with Crippen molar-refractivity contribution >= 4 is 5.91 Å². The highest BCUT2D eigenvalue weighted by atomic mass is 16.5. The van der Waals surface area contributed by atoms with Crippen LogP contribution in [0.4, 0.5) is 0 Å². The molecule has 21 heavy (non-hydrogen) atoms. The number of hydrogen-bond acceptors (Lipinski definition) is 2. The lowest BCUT2D eigenvalue weighted by Gasteiger charge is -2.08. The number of fused-ring (bicyclic) bond motifs is 1. The Kier molecular flexibility index (Phi) is 3.91. The molecule has 0 saturated heterocycles. The lowest BCUT2D eigenvalue weighted by Crippen LogP contribution is -2.22. The van der Waals surface area contributed by atoms with Crippen molar-refractivity contribution in [2.75, 3.05) is 7.11 Å². The minimum absolute atomic E-state index is 0.0208. The molecule has 1 amide bonds. The van der Waals surface area contributed by atoms with Gasteiger partial charge in [-0.3, -0.25) is 4.79 Å². The zero-order chi connectivity index (χ0) is 14.7. The summed E-state index contributed by atoms with van der Waals surface area (Å²) in [5.74, 6) is 0.784. The molecule has 0 radical (unpaired) electrons. The molecule has 3 rings (SSSR count). The van der Waals surface area contributed by atoms with E-state index in [-0.39, 0.29) is 5.91 Å². The molecule has 0 bridgehead atoms. The predicted octanol–water partition coefficient (Wildman–Crippen LogP) is 3.11. The first kappa shape index (κ1) is 13.7. The molecule has 2 aromatic carbocycles. The van der Waals surface area contributed by atoms with Crippen molar-refractivity contribution in [2.24, 2.45) is 0 Å². The van der Waals surface area contributed by atoms with E-state index >= 15 is 0 Å². The Bertz CT molecular complexity index is 664. The molecule has 3 nitrogen and oxygen atoms in total. The largest absolute Gasteiger partial charge is 0.497 e. The Hall–Kier alpha value is -2.29. The van der Waals surface area contributed by atoms with Gasteiger partial charge in [-0.05, 0) is 60.2 Å². The van der Waals surface area contributed by atoms with Gasteiger partial charge >= 0.3 is 0 Å². The van der Waals surface area contributed by atoms with Crippen LogP contribution >= 0.6 is 0 Å². The van der Waals surface area contributed by atoms with Gasteiger partial charge in [0.15, 0.2) is 0 Å². The fourth-order valence-corrected chi connectivity index (χ4v) is 2.78. The Morgan fingerprint density at radius 1 is 1.14 bits per heavy atom. The van der Waals surface area contributed by atoms with E-state index in [1.807, 2.05) is 36.4 Å². The number of carbonyl (C=O) groups is 1. The monoisotopic (exact) mass is 281 g/mol. The first-order valence-electron chi connectivity index (χ1n) is 7.29. The standard InChI is InChI=1S/C18H19NO2/c1-21-17-7-2-4-13(10-17)12-19-18(20)16-9-8-14-5-3-6-15(14)11-16/h2,4,7-11H,3,5-6,12H2,1H3,(H,19,20). The summed E-state index contributed by atoms with van der Waals surface area (Å²) < 4.78 is 5.18. The van der Waals surface area contributed by atoms with E-state index < -0.39 is 0 Å². The van der Waals surface area contributed by atoms with Crippen LogP contribution in [-0.2, 0) is 19.4 Å². The average Bonchev–Trinajstić information content (AvgIpc) is 3.00. The first-order valence-corrected chi connectivity index (χ1v) is 7.29. The topological polar surface area (TPSA) is 38.3 Å². The van der Waals surface area contributed by atoms with Crippen molar-refractivity contribution in [3.63, 3.8) is 0 Å². The van der Waals surface area contributed by atoms with Gasteiger partial charge in [0.05, 0.1) is 7.11 Å². The summed E-state index contributed by atoms with van der Waals surface area (Å²) in [4.78, 5) is 12.2. The Balaban J connectivity index is 1.66. The fourth-order valence-electron chi connectivity index (χ4n) is 2.78. The number of amides is 1. The molecule has 0 aliphatic heterocycles. The second kappa shape index (κ2) is 6.00. The normalized spacial score (nSPS) is 12.8.